The van der Waals surface area contributed by atoms with Crippen molar-refractivity contribution >= 4 is 29.3 Å². The standard InChI is InChI=1S/C10H8N2O2S2/c1-6-11-10(16-12-6)15-8-5-3-2-4-7(8)9(13)14/h2-5H,1H3,(H,13,14). The molecule has 1 aromatic heterocycles. The second-order valence-corrected chi connectivity index (χ2v) is 5.05. The summed E-state index contributed by atoms with van der Waals surface area (Å²) in [4.78, 5) is 15.8. The minimum Gasteiger partial charge on any atom is -0.478 e. The van der Waals surface area contributed by atoms with E-state index in [4.69, 9.17) is 5.11 Å². The third-order valence-corrected chi connectivity index (χ3v) is 3.74. The lowest BCUT2D eigenvalue weighted by Crippen LogP contribution is -1.97. The van der Waals surface area contributed by atoms with E-state index in [9.17, 15) is 4.79 Å². The molecule has 0 aliphatic rings. The van der Waals surface area contributed by atoms with Crippen molar-refractivity contribution < 1.29 is 9.90 Å². The van der Waals surface area contributed by atoms with Crippen LogP contribution in [-0.4, -0.2) is 20.4 Å². The van der Waals surface area contributed by atoms with Gasteiger partial charge in [-0.15, -0.1) is 0 Å². The van der Waals surface area contributed by atoms with Crippen LogP contribution in [0, 0.1) is 6.92 Å². The largest absolute Gasteiger partial charge is 0.478 e. The Bertz CT molecular complexity index is 525. The van der Waals surface area contributed by atoms with E-state index >= 15 is 0 Å². The Morgan fingerprint density at radius 1 is 1.44 bits per heavy atom. The van der Waals surface area contributed by atoms with Crippen LogP contribution >= 0.6 is 23.3 Å². The van der Waals surface area contributed by atoms with Crippen LogP contribution in [0.5, 0.6) is 0 Å². The monoisotopic (exact) mass is 252 g/mol. The van der Waals surface area contributed by atoms with Crippen LogP contribution in [0.15, 0.2) is 33.5 Å². The van der Waals surface area contributed by atoms with Crippen molar-refractivity contribution in [3.8, 4) is 0 Å². The normalized spacial score (nSPS) is 10.3. The van der Waals surface area contributed by atoms with Gasteiger partial charge in [0.1, 0.15) is 5.82 Å². The van der Waals surface area contributed by atoms with Crippen LogP contribution in [0.4, 0.5) is 0 Å². The van der Waals surface area contributed by atoms with Crippen LogP contribution in [-0.2, 0) is 0 Å². The average molecular weight is 252 g/mol. The Morgan fingerprint density at radius 3 is 2.81 bits per heavy atom. The molecular formula is C10H8N2O2S2. The predicted molar refractivity (Wildman–Crippen MR) is 62.2 cm³/mol. The molecule has 0 unspecified atom stereocenters. The third-order valence-electron chi connectivity index (χ3n) is 1.82. The second kappa shape index (κ2) is 4.63. The van der Waals surface area contributed by atoms with Crippen molar-refractivity contribution in [2.45, 2.75) is 16.2 Å². The second-order valence-electron chi connectivity index (χ2n) is 3.01. The summed E-state index contributed by atoms with van der Waals surface area (Å²) in [5.41, 5.74) is 0.292. The van der Waals surface area contributed by atoms with Gasteiger partial charge in [-0.25, -0.2) is 9.78 Å². The zero-order chi connectivity index (χ0) is 11.5. The molecule has 0 radical (unpaired) electrons. The first kappa shape index (κ1) is 11.1. The molecule has 0 aliphatic heterocycles. The van der Waals surface area contributed by atoms with Crippen molar-refractivity contribution in [2.24, 2.45) is 0 Å². The number of nitrogens with zero attached hydrogens (tertiary/aromatic N) is 2. The molecule has 4 nitrogen and oxygen atoms in total. The van der Waals surface area contributed by atoms with E-state index in [1.165, 1.54) is 23.3 Å². The van der Waals surface area contributed by atoms with E-state index in [1.807, 2.05) is 13.0 Å². The molecule has 0 spiro atoms. The molecule has 0 fully saturated rings. The van der Waals surface area contributed by atoms with Crippen molar-refractivity contribution in [3.05, 3.63) is 35.7 Å². The Hall–Kier alpha value is -1.40. The maximum Gasteiger partial charge on any atom is 0.336 e. The van der Waals surface area contributed by atoms with Gasteiger partial charge in [-0.3, -0.25) is 0 Å². The number of aromatic carboxylic acids is 1. The van der Waals surface area contributed by atoms with E-state index < -0.39 is 5.97 Å². The molecule has 16 heavy (non-hydrogen) atoms. The van der Waals surface area contributed by atoms with Gasteiger partial charge >= 0.3 is 5.97 Å². The topological polar surface area (TPSA) is 63.1 Å². The molecule has 0 aliphatic carbocycles. The molecule has 0 bridgehead atoms. The summed E-state index contributed by atoms with van der Waals surface area (Å²) in [6, 6.07) is 6.87. The number of aryl methyl sites for hydroxylation is 1. The van der Waals surface area contributed by atoms with E-state index in [0.29, 0.717) is 16.3 Å². The highest BCUT2D eigenvalue weighted by atomic mass is 32.2. The number of aromatic nitrogens is 2. The van der Waals surface area contributed by atoms with Crippen LogP contribution in [0.2, 0.25) is 0 Å². The van der Waals surface area contributed by atoms with Gasteiger partial charge < -0.3 is 5.11 Å². The van der Waals surface area contributed by atoms with Crippen LogP contribution in [0.3, 0.4) is 0 Å². The predicted octanol–water partition coefficient (Wildman–Crippen LogP) is 2.70. The zero-order valence-corrected chi connectivity index (χ0v) is 10.0. The van der Waals surface area contributed by atoms with Crippen LogP contribution in [0.25, 0.3) is 0 Å². The minimum atomic E-state index is -0.927. The molecule has 2 rings (SSSR count). The van der Waals surface area contributed by atoms with Gasteiger partial charge in [0.2, 0.25) is 0 Å². The number of carbonyl (C=O) groups is 1. The molecule has 0 atom stereocenters. The van der Waals surface area contributed by atoms with Gasteiger partial charge in [-0.1, -0.05) is 23.9 Å². The lowest BCUT2D eigenvalue weighted by molar-refractivity contribution is 0.0693. The van der Waals surface area contributed by atoms with Crippen molar-refractivity contribution in [1.29, 1.82) is 0 Å². The van der Waals surface area contributed by atoms with E-state index in [2.05, 4.69) is 9.36 Å². The van der Waals surface area contributed by atoms with Gasteiger partial charge in [0.25, 0.3) is 0 Å². The Kier molecular flexibility index (Phi) is 3.21. The summed E-state index contributed by atoms with van der Waals surface area (Å²) in [5.74, 6) is -0.218. The number of rotatable bonds is 3. The molecule has 1 aromatic carbocycles. The molecule has 2 aromatic rings. The van der Waals surface area contributed by atoms with E-state index in [0.717, 1.165) is 4.34 Å². The fourth-order valence-electron chi connectivity index (χ4n) is 1.15. The molecule has 6 heteroatoms. The molecule has 0 saturated carbocycles. The van der Waals surface area contributed by atoms with Gasteiger partial charge in [0, 0.05) is 4.90 Å². The molecule has 1 heterocycles. The minimum absolute atomic E-state index is 0.292. The summed E-state index contributed by atoms with van der Waals surface area (Å²) in [5, 5.41) is 9.00. The summed E-state index contributed by atoms with van der Waals surface area (Å²) in [7, 11) is 0. The van der Waals surface area contributed by atoms with Crippen LogP contribution < -0.4 is 0 Å². The molecule has 0 saturated heterocycles. The number of carboxylic acids is 1. The Morgan fingerprint density at radius 2 is 2.19 bits per heavy atom. The van der Waals surface area contributed by atoms with Crippen molar-refractivity contribution in [1.82, 2.24) is 9.36 Å². The van der Waals surface area contributed by atoms with Crippen molar-refractivity contribution in [3.63, 3.8) is 0 Å². The molecular weight excluding hydrogens is 244 g/mol. The first-order chi connectivity index (χ1) is 7.66. The molecule has 1 N–H and O–H groups in total. The van der Waals surface area contributed by atoms with Gasteiger partial charge in [0.05, 0.1) is 5.56 Å². The zero-order valence-electron chi connectivity index (χ0n) is 8.38. The number of hydrogen-bond acceptors (Lipinski definition) is 5. The Labute approximate surface area is 101 Å². The summed E-state index contributed by atoms with van der Waals surface area (Å²) in [6.07, 6.45) is 0. The average Bonchev–Trinajstić information content (AvgIpc) is 2.64. The fraction of sp³-hybridized carbons (Fsp3) is 0.100. The maximum absolute atomic E-state index is 11.0. The third kappa shape index (κ3) is 2.40. The van der Waals surface area contributed by atoms with Crippen LogP contribution in [0.1, 0.15) is 16.2 Å². The summed E-state index contributed by atoms with van der Waals surface area (Å²) in [6.45, 7) is 1.81. The number of hydrogen-bond donors (Lipinski definition) is 1. The highest BCUT2D eigenvalue weighted by molar-refractivity contribution is 8.01. The number of carboxylic acid groups (broad SMARTS) is 1. The van der Waals surface area contributed by atoms with Gasteiger partial charge in [-0.2, -0.15) is 4.37 Å². The number of benzene rings is 1. The smallest absolute Gasteiger partial charge is 0.336 e. The highest BCUT2D eigenvalue weighted by Gasteiger charge is 2.11. The lowest BCUT2D eigenvalue weighted by Gasteiger charge is -2.01. The molecule has 0 amide bonds. The first-order valence-electron chi connectivity index (χ1n) is 4.47. The SMILES string of the molecule is Cc1nsc(Sc2ccccc2C(=O)O)n1. The summed E-state index contributed by atoms with van der Waals surface area (Å²) >= 11 is 2.60. The highest BCUT2D eigenvalue weighted by Crippen LogP contribution is 2.31. The van der Waals surface area contributed by atoms with Gasteiger partial charge in [0.15, 0.2) is 4.34 Å². The molecule has 82 valence electrons. The van der Waals surface area contributed by atoms with Crippen molar-refractivity contribution in [2.75, 3.05) is 0 Å². The maximum atomic E-state index is 11.0. The van der Waals surface area contributed by atoms with E-state index in [-0.39, 0.29) is 0 Å². The van der Waals surface area contributed by atoms with E-state index in [1.54, 1.807) is 18.2 Å². The summed E-state index contributed by atoms with van der Waals surface area (Å²) < 4.78 is 4.81. The fourth-order valence-corrected chi connectivity index (χ4v) is 2.88. The lowest BCUT2D eigenvalue weighted by atomic mass is 10.2. The first-order valence-corrected chi connectivity index (χ1v) is 6.06. The quantitative estimate of drug-likeness (QED) is 0.910. The van der Waals surface area contributed by atoms with Gasteiger partial charge in [-0.05, 0) is 30.6 Å². The Balaban J connectivity index is 2.31.